The summed E-state index contributed by atoms with van der Waals surface area (Å²) in [5.41, 5.74) is 5.90. The SMILES string of the molecule is CC[C@@H](C)Oc1c(Br)cc(/C=N/NC(=O)c2ccc(COc3ccc(-n4c(C)ccc4C)cc3)o2)cc1[N+](=O)[O-]. The van der Waals surface area contributed by atoms with Crippen LogP contribution in [0.4, 0.5) is 5.69 Å². The summed E-state index contributed by atoms with van der Waals surface area (Å²) in [6.07, 6.45) is 1.80. The number of nitrogens with one attached hydrogen (secondary N) is 1. The van der Waals surface area contributed by atoms with Crippen LogP contribution < -0.4 is 14.9 Å². The van der Waals surface area contributed by atoms with Crippen LogP contribution in [0.2, 0.25) is 0 Å². The summed E-state index contributed by atoms with van der Waals surface area (Å²) < 4.78 is 19.7. The minimum Gasteiger partial charge on any atom is -0.486 e. The number of aryl methyl sites for hydroxylation is 2. The van der Waals surface area contributed by atoms with Gasteiger partial charge in [-0.25, -0.2) is 5.43 Å². The number of hydrogen-bond acceptors (Lipinski definition) is 7. The van der Waals surface area contributed by atoms with E-state index in [2.05, 4.69) is 57.0 Å². The summed E-state index contributed by atoms with van der Waals surface area (Å²) in [5.74, 6) is 0.752. The summed E-state index contributed by atoms with van der Waals surface area (Å²) in [4.78, 5) is 23.5. The van der Waals surface area contributed by atoms with Crippen LogP contribution in [0.15, 0.2) is 74.7 Å². The molecular formula is C29H29BrN4O6. The first-order valence-electron chi connectivity index (χ1n) is 12.6. The third-order valence-corrected chi connectivity index (χ3v) is 6.74. The number of furan rings is 1. The van der Waals surface area contributed by atoms with Crippen molar-refractivity contribution < 1.29 is 23.6 Å². The molecule has 11 heteroatoms. The normalized spacial score (nSPS) is 11.9. The minimum atomic E-state index is -0.574. The third-order valence-electron chi connectivity index (χ3n) is 6.15. The van der Waals surface area contributed by atoms with Crippen molar-refractivity contribution in [2.75, 3.05) is 0 Å². The summed E-state index contributed by atoms with van der Waals surface area (Å²) in [6, 6.07) is 18.0. The van der Waals surface area contributed by atoms with Gasteiger partial charge in [-0.3, -0.25) is 14.9 Å². The number of rotatable bonds is 11. The van der Waals surface area contributed by atoms with Crippen molar-refractivity contribution >= 4 is 33.7 Å². The van der Waals surface area contributed by atoms with E-state index in [-0.39, 0.29) is 29.9 Å². The zero-order valence-electron chi connectivity index (χ0n) is 22.5. The van der Waals surface area contributed by atoms with Crippen LogP contribution in [0.5, 0.6) is 11.5 Å². The molecule has 0 fully saturated rings. The first kappa shape index (κ1) is 28.6. The van der Waals surface area contributed by atoms with E-state index in [1.165, 1.54) is 18.3 Å². The van der Waals surface area contributed by atoms with Crippen molar-refractivity contribution in [1.29, 1.82) is 0 Å². The van der Waals surface area contributed by atoms with Crippen molar-refractivity contribution in [2.24, 2.45) is 5.10 Å². The van der Waals surface area contributed by atoms with Gasteiger partial charge in [0.25, 0.3) is 0 Å². The van der Waals surface area contributed by atoms with Crippen LogP contribution >= 0.6 is 15.9 Å². The number of aromatic nitrogens is 1. The van der Waals surface area contributed by atoms with Crippen LogP contribution in [0.25, 0.3) is 5.69 Å². The summed E-state index contributed by atoms with van der Waals surface area (Å²) in [5, 5.41) is 15.5. The number of benzene rings is 2. The van der Waals surface area contributed by atoms with Gasteiger partial charge in [-0.15, -0.1) is 0 Å². The van der Waals surface area contributed by atoms with Gasteiger partial charge >= 0.3 is 11.6 Å². The molecule has 1 N–H and O–H groups in total. The fourth-order valence-corrected chi connectivity index (χ4v) is 4.49. The van der Waals surface area contributed by atoms with Gasteiger partial charge in [0, 0.05) is 28.7 Å². The average Bonchev–Trinajstić information content (AvgIpc) is 3.55. The predicted molar refractivity (Wildman–Crippen MR) is 155 cm³/mol. The first-order chi connectivity index (χ1) is 19.2. The van der Waals surface area contributed by atoms with E-state index in [1.54, 1.807) is 12.1 Å². The van der Waals surface area contributed by atoms with Crippen molar-refractivity contribution in [1.82, 2.24) is 9.99 Å². The second-order valence-electron chi connectivity index (χ2n) is 9.14. The quantitative estimate of drug-likeness (QED) is 0.112. The first-order valence-corrected chi connectivity index (χ1v) is 13.4. The molecule has 2 aromatic heterocycles. The Hall–Kier alpha value is -4.38. The molecule has 0 aliphatic carbocycles. The molecule has 0 aliphatic rings. The monoisotopic (exact) mass is 608 g/mol. The smallest absolute Gasteiger partial charge is 0.312 e. The van der Waals surface area contributed by atoms with Gasteiger partial charge in [-0.1, -0.05) is 6.92 Å². The Kier molecular flexibility index (Phi) is 9.05. The topological polar surface area (TPSA) is 121 Å². The molecule has 1 amide bonds. The number of nitro groups is 1. The van der Waals surface area contributed by atoms with Crippen LogP contribution in [-0.4, -0.2) is 27.7 Å². The van der Waals surface area contributed by atoms with Crippen LogP contribution in [0, 0.1) is 24.0 Å². The Morgan fingerprint density at radius 2 is 1.85 bits per heavy atom. The lowest BCUT2D eigenvalue weighted by Crippen LogP contribution is -2.17. The number of carbonyl (C=O) groups excluding carboxylic acids is 1. The summed E-state index contributed by atoms with van der Waals surface area (Å²) >= 11 is 3.33. The number of hydrogen-bond donors (Lipinski definition) is 1. The fourth-order valence-electron chi connectivity index (χ4n) is 3.93. The molecular weight excluding hydrogens is 580 g/mol. The molecule has 2 aromatic carbocycles. The van der Waals surface area contributed by atoms with Gasteiger partial charge in [-0.05, 0) is 97.7 Å². The molecule has 208 valence electrons. The molecule has 1 atom stereocenters. The molecule has 0 unspecified atom stereocenters. The Balaban J connectivity index is 1.34. The number of nitrogens with zero attached hydrogens (tertiary/aromatic N) is 3. The van der Waals surface area contributed by atoms with Crippen LogP contribution in [-0.2, 0) is 6.61 Å². The van der Waals surface area contributed by atoms with E-state index in [9.17, 15) is 14.9 Å². The average molecular weight is 609 g/mol. The maximum Gasteiger partial charge on any atom is 0.312 e. The molecule has 2 heterocycles. The maximum atomic E-state index is 12.5. The number of ether oxygens (including phenoxy) is 2. The fraction of sp³-hybridized carbons (Fsp3) is 0.241. The van der Waals surface area contributed by atoms with Gasteiger partial charge in [0.1, 0.15) is 18.1 Å². The zero-order chi connectivity index (χ0) is 28.8. The van der Waals surface area contributed by atoms with E-state index >= 15 is 0 Å². The van der Waals surface area contributed by atoms with Gasteiger partial charge in [0.2, 0.25) is 5.75 Å². The highest BCUT2D eigenvalue weighted by molar-refractivity contribution is 9.10. The highest BCUT2D eigenvalue weighted by atomic mass is 79.9. The Morgan fingerprint density at radius 1 is 1.15 bits per heavy atom. The Bertz CT molecular complexity index is 1520. The molecule has 4 aromatic rings. The van der Waals surface area contributed by atoms with Crippen LogP contribution in [0.3, 0.4) is 0 Å². The lowest BCUT2D eigenvalue weighted by atomic mass is 10.2. The molecule has 0 saturated carbocycles. The molecule has 0 saturated heterocycles. The molecule has 0 bridgehead atoms. The third kappa shape index (κ3) is 6.78. The van der Waals surface area contributed by atoms with Gasteiger partial charge < -0.3 is 18.5 Å². The Labute approximate surface area is 239 Å². The number of hydrazone groups is 1. The number of halogens is 1. The van der Waals surface area contributed by atoms with E-state index in [1.807, 2.05) is 38.1 Å². The minimum absolute atomic E-state index is 0.0501. The maximum absolute atomic E-state index is 12.5. The molecule has 0 radical (unpaired) electrons. The molecule has 0 spiro atoms. The van der Waals surface area contributed by atoms with E-state index in [0.29, 0.717) is 28.0 Å². The summed E-state index contributed by atoms with van der Waals surface area (Å²) in [6.45, 7) is 8.01. The largest absolute Gasteiger partial charge is 0.486 e. The van der Waals surface area contributed by atoms with E-state index in [0.717, 1.165) is 17.1 Å². The molecule has 4 rings (SSSR count). The molecule has 40 heavy (non-hydrogen) atoms. The second kappa shape index (κ2) is 12.6. The number of carbonyl (C=O) groups is 1. The van der Waals surface area contributed by atoms with Gasteiger partial charge in [0.05, 0.1) is 21.7 Å². The molecule has 0 aliphatic heterocycles. The lowest BCUT2D eigenvalue weighted by molar-refractivity contribution is -0.386. The van der Waals surface area contributed by atoms with Crippen molar-refractivity contribution in [3.8, 4) is 17.2 Å². The standard InChI is InChI=1S/C29H29BrN4O6/c1-5-20(4)39-28-25(30)14-21(15-26(28)34(36)37)16-31-32-29(35)27-13-12-24(40-27)17-38-23-10-8-22(9-11-23)33-18(2)6-7-19(33)3/h6-16,20H,5,17H2,1-4H3,(H,32,35)/b31-16+/t20-/m1/s1. The molecule has 10 nitrogen and oxygen atoms in total. The lowest BCUT2D eigenvalue weighted by Gasteiger charge is -2.14. The highest BCUT2D eigenvalue weighted by Crippen LogP contribution is 2.37. The van der Waals surface area contributed by atoms with E-state index < -0.39 is 10.8 Å². The Morgan fingerprint density at radius 3 is 2.50 bits per heavy atom. The van der Waals surface area contributed by atoms with Crippen LogP contribution in [0.1, 0.15) is 53.5 Å². The van der Waals surface area contributed by atoms with E-state index in [4.69, 9.17) is 13.9 Å². The van der Waals surface area contributed by atoms with Crippen molar-refractivity contribution in [3.63, 3.8) is 0 Å². The number of amides is 1. The van der Waals surface area contributed by atoms with Crippen molar-refractivity contribution in [2.45, 2.75) is 46.8 Å². The van der Waals surface area contributed by atoms with Gasteiger partial charge in [0.15, 0.2) is 5.76 Å². The van der Waals surface area contributed by atoms with Crippen molar-refractivity contribution in [3.05, 3.63) is 104 Å². The number of nitro benzene ring substituents is 1. The summed E-state index contributed by atoms with van der Waals surface area (Å²) in [7, 11) is 0. The zero-order valence-corrected chi connectivity index (χ0v) is 24.1. The van der Waals surface area contributed by atoms with Gasteiger partial charge in [-0.2, -0.15) is 5.10 Å². The second-order valence-corrected chi connectivity index (χ2v) is 10.00. The highest BCUT2D eigenvalue weighted by Gasteiger charge is 2.21. The predicted octanol–water partition coefficient (Wildman–Crippen LogP) is 6.88.